The van der Waals surface area contributed by atoms with Gasteiger partial charge in [0.2, 0.25) is 0 Å². The molecule has 0 saturated carbocycles. The van der Waals surface area contributed by atoms with E-state index >= 15 is 0 Å². The predicted molar refractivity (Wildman–Crippen MR) is 144 cm³/mol. The van der Waals surface area contributed by atoms with E-state index < -0.39 is 14.6 Å². The highest BCUT2D eigenvalue weighted by atomic mass is 35.5. The van der Waals surface area contributed by atoms with Crippen molar-refractivity contribution in [2.75, 3.05) is 42.7 Å². The second-order valence-corrected chi connectivity index (χ2v) is 14.0. The molecule has 1 unspecified atom stereocenters. The number of benzene rings is 1. The molecule has 1 N–H and O–H groups in total. The van der Waals surface area contributed by atoms with Crippen LogP contribution in [-0.2, 0) is 14.6 Å². The number of sulfone groups is 1. The highest BCUT2D eigenvalue weighted by Crippen LogP contribution is 2.34. The molecule has 0 bridgehead atoms. The Hall–Kier alpha value is -2.20. The lowest BCUT2D eigenvalue weighted by Gasteiger charge is -2.38. The number of nitrogens with one attached hydrogen (secondary N) is 1. The Bertz CT molecular complexity index is 1400. The van der Waals surface area contributed by atoms with E-state index in [1.54, 1.807) is 26.0 Å². The van der Waals surface area contributed by atoms with E-state index in [0.29, 0.717) is 27.3 Å². The first-order chi connectivity index (χ1) is 16.5. The molecule has 186 valence electrons. The number of rotatable bonds is 5. The van der Waals surface area contributed by atoms with Gasteiger partial charge in [-0.15, -0.1) is 11.3 Å². The van der Waals surface area contributed by atoms with Gasteiger partial charge in [0, 0.05) is 48.4 Å². The Morgan fingerprint density at radius 2 is 1.97 bits per heavy atom. The Balaban J connectivity index is 1.36. The van der Waals surface area contributed by atoms with Crippen LogP contribution in [0, 0.1) is 0 Å². The monoisotopic (exact) mass is 532 g/mol. The number of nitrogens with zero attached hydrogens (tertiary/aromatic N) is 3. The van der Waals surface area contributed by atoms with Crippen molar-refractivity contribution in [3.8, 4) is 0 Å². The third kappa shape index (κ3) is 4.79. The normalized spacial score (nSPS) is 19.2. The van der Waals surface area contributed by atoms with Gasteiger partial charge >= 0.3 is 0 Å². The highest BCUT2D eigenvalue weighted by Gasteiger charge is 2.33. The van der Waals surface area contributed by atoms with Gasteiger partial charge in [0.1, 0.15) is 11.0 Å². The zero-order valence-electron chi connectivity index (χ0n) is 20.0. The lowest BCUT2D eigenvalue weighted by molar-refractivity contribution is 0.103. The van der Waals surface area contributed by atoms with Crippen molar-refractivity contribution in [3.05, 3.63) is 52.0 Å². The van der Waals surface area contributed by atoms with Gasteiger partial charge in [0.05, 0.1) is 9.62 Å². The smallest absolute Gasteiger partial charge is 0.265 e. The summed E-state index contributed by atoms with van der Waals surface area (Å²) in [5.74, 6) is 0.548. The van der Waals surface area contributed by atoms with E-state index in [1.165, 1.54) is 37.0 Å². The van der Waals surface area contributed by atoms with E-state index in [4.69, 9.17) is 11.6 Å². The molecule has 2 aliphatic rings. The Kier molecular flexibility index (Phi) is 6.32. The van der Waals surface area contributed by atoms with E-state index in [0.717, 1.165) is 35.5 Å². The maximum atomic E-state index is 13.1. The number of fused-ring (bicyclic) bond motifs is 2. The fourth-order valence-electron chi connectivity index (χ4n) is 4.85. The van der Waals surface area contributed by atoms with Crippen molar-refractivity contribution in [3.63, 3.8) is 0 Å². The second-order valence-electron chi connectivity index (χ2n) is 9.91. The first-order valence-electron chi connectivity index (χ1n) is 11.7. The number of hydrogen-bond donors (Lipinski definition) is 1. The Morgan fingerprint density at radius 1 is 1.17 bits per heavy atom. The SMILES string of the molecule is CC(C)(c1ccc2sc(C(=O)Nc3cc(Cl)nc(N4CCN5CCCC5C4)c3)cc2c1)S(C)(=O)=O. The summed E-state index contributed by atoms with van der Waals surface area (Å²) in [6.07, 6.45) is 3.69. The number of amides is 1. The Labute approximate surface area is 215 Å². The molecule has 1 amide bonds. The van der Waals surface area contributed by atoms with Crippen LogP contribution in [0.3, 0.4) is 0 Å². The van der Waals surface area contributed by atoms with Crippen molar-refractivity contribution in [2.24, 2.45) is 0 Å². The third-order valence-corrected chi connectivity index (χ3v) is 10.7. The lowest BCUT2D eigenvalue weighted by Crippen LogP contribution is -2.50. The minimum Gasteiger partial charge on any atom is -0.354 e. The summed E-state index contributed by atoms with van der Waals surface area (Å²) in [5, 5.41) is 4.16. The molecule has 0 spiro atoms. The summed E-state index contributed by atoms with van der Waals surface area (Å²) in [5.41, 5.74) is 1.31. The lowest BCUT2D eigenvalue weighted by atomic mass is 10.0. The third-order valence-electron chi connectivity index (χ3n) is 7.31. The largest absolute Gasteiger partial charge is 0.354 e. The number of pyridine rings is 1. The van der Waals surface area contributed by atoms with Gasteiger partial charge < -0.3 is 10.2 Å². The van der Waals surface area contributed by atoms with Crippen molar-refractivity contribution in [1.29, 1.82) is 0 Å². The van der Waals surface area contributed by atoms with Crippen LogP contribution in [0.25, 0.3) is 10.1 Å². The fraction of sp³-hybridized carbons (Fsp3) is 0.440. The number of carbonyl (C=O) groups is 1. The number of halogens is 1. The molecular formula is C25H29ClN4O3S2. The van der Waals surface area contributed by atoms with Gasteiger partial charge in [-0.05, 0) is 68.4 Å². The number of piperazine rings is 1. The van der Waals surface area contributed by atoms with Crippen LogP contribution in [0.4, 0.5) is 11.5 Å². The minimum atomic E-state index is -3.30. The number of aromatic nitrogens is 1. The average Bonchev–Trinajstić information content (AvgIpc) is 3.43. The van der Waals surface area contributed by atoms with Crippen LogP contribution in [0.5, 0.6) is 0 Å². The van der Waals surface area contributed by atoms with Gasteiger partial charge in [-0.3, -0.25) is 9.69 Å². The molecule has 10 heteroatoms. The molecule has 2 aliphatic heterocycles. The first kappa shape index (κ1) is 24.5. The molecular weight excluding hydrogens is 504 g/mol. The standard InChI is InChI=1S/C25H29ClN4O3S2/c1-25(2,35(3,32)33)17-6-7-20-16(11-17)12-21(34-20)24(31)27-18-13-22(26)28-23(14-18)30-10-9-29-8-4-5-19(29)15-30/h6-7,11-14,19H,4-5,8-10,15H2,1-3H3,(H,27,28,31). The molecule has 2 saturated heterocycles. The topological polar surface area (TPSA) is 82.6 Å². The zero-order chi connectivity index (χ0) is 25.0. The van der Waals surface area contributed by atoms with Crippen molar-refractivity contribution in [1.82, 2.24) is 9.88 Å². The molecule has 4 heterocycles. The fourth-order valence-corrected chi connectivity index (χ4v) is 6.55. The summed E-state index contributed by atoms with van der Waals surface area (Å²) in [4.78, 5) is 22.9. The number of hydrogen-bond acceptors (Lipinski definition) is 7. The molecule has 5 rings (SSSR count). The van der Waals surface area contributed by atoms with Crippen LogP contribution in [0.2, 0.25) is 5.15 Å². The van der Waals surface area contributed by atoms with Crippen molar-refractivity contribution < 1.29 is 13.2 Å². The van der Waals surface area contributed by atoms with E-state index in [9.17, 15) is 13.2 Å². The molecule has 0 aliphatic carbocycles. The van der Waals surface area contributed by atoms with E-state index in [1.807, 2.05) is 24.3 Å². The van der Waals surface area contributed by atoms with Crippen LogP contribution < -0.4 is 10.2 Å². The summed E-state index contributed by atoms with van der Waals surface area (Å²) < 4.78 is 24.4. The molecule has 1 atom stereocenters. The van der Waals surface area contributed by atoms with Gasteiger partial charge in [-0.1, -0.05) is 17.7 Å². The molecule has 7 nitrogen and oxygen atoms in total. The summed E-state index contributed by atoms with van der Waals surface area (Å²) in [6, 6.07) is 11.5. The molecule has 2 aromatic heterocycles. The number of thiophene rings is 1. The number of carbonyl (C=O) groups excluding carboxylic acids is 1. The van der Waals surface area contributed by atoms with Crippen molar-refractivity contribution in [2.45, 2.75) is 37.5 Å². The maximum Gasteiger partial charge on any atom is 0.265 e. The van der Waals surface area contributed by atoms with Gasteiger partial charge in [-0.25, -0.2) is 13.4 Å². The quantitative estimate of drug-likeness (QED) is 0.477. The summed E-state index contributed by atoms with van der Waals surface area (Å²) in [6.45, 7) is 7.39. The molecule has 1 aromatic carbocycles. The molecule has 35 heavy (non-hydrogen) atoms. The molecule has 0 radical (unpaired) electrons. The Morgan fingerprint density at radius 3 is 2.74 bits per heavy atom. The van der Waals surface area contributed by atoms with E-state index in [-0.39, 0.29) is 5.91 Å². The second kappa shape index (κ2) is 9.03. The first-order valence-corrected chi connectivity index (χ1v) is 14.8. The van der Waals surface area contributed by atoms with Crippen LogP contribution >= 0.6 is 22.9 Å². The van der Waals surface area contributed by atoms with Crippen LogP contribution in [0.15, 0.2) is 36.4 Å². The van der Waals surface area contributed by atoms with Gasteiger partial charge in [0.15, 0.2) is 9.84 Å². The number of anilines is 2. The van der Waals surface area contributed by atoms with E-state index in [2.05, 4.69) is 20.1 Å². The summed E-state index contributed by atoms with van der Waals surface area (Å²) >= 11 is 7.70. The predicted octanol–water partition coefficient (Wildman–Crippen LogP) is 4.77. The molecule has 2 fully saturated rings. The van der Waals surface area contributed by atoms with Gasteiger partial charge in [-0.2, -0.15) is 0 Å². The van der Waals surface area contributed by atoms with Gasteiger partial charge in [0.25, 0.3) is 5.91 Å². The van der Waals surface area contributed by atoms with Crippen LogP contribution in [0.1, 0.15) is 41.9 Å². The average molecular weight is 533 g/mol. The minimum absolute atomic E-state index is 0.232. The molecule has 3 aromatic rings. The summed E-state index contributed by atoms with van der Waals surface area (Å²) in [7, 11) is -3.30. The van der Waals surface area contributed by atoms with Crippen LogP contribution in [-0.4, -0.2) is 62.7 Å². The zero-order valence-corrected chi connectivity index (χ0v) is 22.4. The highest BCUT2D eigenvalue weighted by molar-refractivity contribution is 7.91. The van der Waals surface area contributed by atoms with Crippen molar-refractivity contribution >= 4 is 60.3 Å². The maximum absolute atomic E-state index is 13.1.